The van der Waals surface area contributed by atoms with Crippen LogP contribution in [0.3, 0.4) is 0 Å². The fraction of sp³-hybridized carbons (Fsp3) is 0.516. The lowest BCUT2D eigenvalue weighted by Crippen LogP contribution is -2.40. The van der Waals surface area contributed by atoms with Crippen molar-refractivity contribution < 1.29 is 24.2 Å². The Bertz CT molecular complexity index is 1300. The van der Waals surface area contributed by atoms with Gasteiger partial charge in [-0.2, -0.15) is 0 Å². The van der Waals surface area contributed by atoms with Crippen molar-refractivity contribution in [2.24, 2.45) is 0 Å². The Morgan fingerprint density at radius 2 is 2.02 bits per heavy atom. The van der Waals surface area contributed by atoms with E-state index < -0.39 is 5.79 Å². The van der Waals surface area contributed by atoms with E-state index in [1.807, 2.05) is 29.6 Å². The van der Waals surface area contributed by atoms with Crippen LogP contribution in [0.2, 0.25) is 0 Å². The second kappa shape index (κ2) is 16.3. The van der Waals surface area contributed by atoms with Gasteiger partial charge in [0.25, 0.3) is 5.91 Å². The Morgan fingerprint density at radius 3 is 2.70 bits per heavy atom. The Hall–Kier alpha value is -3.61. The zero-order chi connectivity index (χ0) is 31.4. The van der Waals surface area contributed by atoms with E-state index in [0.717, 1.165) is 60.9 Å². The SMILES string of the molecule is CC(C)c1cc(OCCCOC(C)(C)O)ccn1.CC=O.CN1c2nc(C(=O)NCc3cscn3)ccc2N2CCC1C2. The Morgan fingerprint density at radius 1 is 1.26 bits per heavy atom. The van der Waals surface area contributed by atoms with Crippen molar-refractivity contribution in [1.29, 1.82) is 0 Å². The lowest BCUT2D eigenvalue weighted by Gasteiger charge is -2.34. The molecule has 1 unspecified atom stereocenters. The van der Waals surface area contributed by atoms with Crippen LogP contribution in [0.5, 0.6) is 5.75 Å². The van der Waals surface area contributed by atoms with Gasteiger partial charge < -0.3 is 34.5 Å². The number of anilines is 2. The average Bonchev–Trinajstić information content (AvgIpc) is 3.66. The van der Waals surface area contributed by atoms with Crippen LogP contribution in [-0.2, 0) is 16.1 Å². The first-order valence-electron chi connectivity index (χ1n) is 14.5. The molecule has 43 heavy (non-hydrogen) atoms. The van der Waals surface area contributed by atoms with Gasteiger partial charge in [-0.1, -0.05) is 13.8 Å². The van der Waals surface area contributed by atoms with Gasteiger partial charge in [0, 0.05) is 55.9 Å². The molecule has 0 aromatic carbocycles. The van der Waals surface area contributed by atoms with Crippen molar-refractivity contribution in [3.63, 3.8) is 0 Å². The molecule has 5 rings (SSSR count). The fourth-order valence-corrected chi connectivity index (χ4v) is 5.07. The Balaban J connectivity index is 0.000000221. The van der Waals surface area contributed by atoms with Gasteiger partial charge >= 0.3 is 0 Å². The molecule has 1 amide bonds. The van der Waals surface area contributed by atoms with Gasteiger partial charge in [-0.3, -0.25) is 9.78 Å². The maximum absolute atomic E-state index is 12.3. The predicted octanol–water partition coefficient (Wildman–Crippen LogP) is 4.42. The number of pyridine rings is 2. The minimum atomic E-state index is -1.07. The number of aldehydes is 1. The van der Waals surface area contributed by atoms with Gasteiger partial charge in [-0.05, 0) is 51.3 Å². The van der Waals surface area contributed by atoms with Crippen molar-refractivity contribution in [1.82, 2.24) is 20.3 Å². The van der Waals surface area contributed by atoms with E-state index in [1.165, 1.54) is 18.3 Å². The van der Waals surface area contributed by atoms with Gasteiger partial charge in [-0.15, -0.1) is 11.3 Å². The first kappa shape index (κ1) is 33.9. The van der Waals surface area contributed by atoms with Crippen molar-refractivity contribution in [2.75, 3.05) is 43.2 Å². The number of nitrogens with zero attached hydrogens (tertiary/aromatic N) is 5. The molecular weight excluding hydrogens is 568 g/mol. The van der Waals surface area contributed by atoms with Crippen molar-refractivity contribution in [3.05, 3.63) is 58.4 Å². The maximum Gasteiger partial charge on any atom is 0.270 e. The number of aromatic nitrogens is 3. The van der Waals surface area contributed by atoms with Crippen molar-refractivity contribution in [3.8, 4) is 5.75 Å². The molecule has 2 aliphatic rings. The van der Waals surface area contributed by atoms with Gasteiger partial charge in [0.05, 0.1) is 36.7 Å². The summed E-state index contributed by atoms with van der Waals surface area (Å²) < 4.78 is 10.8. The minimum Gasteiger partial charge on any atom is -0.493 e. The topological polar surface area (TPSA) is 130 Å². The summed E-state index contributed by atoms with van der Waals surface area (Å²) in [5, 5.41) is 14.2. The number of hydrogen-bond acceptors (Lipinski definition) is 11. The summed E-state index contributed by atoms with van der Waals surface area (Å²) in [6.07, 6.45) is 4.40. The first-order chi connectivity index (χ1) is 20.5. The third-order valence-electron chi connectivity index (χ3n) is 6.74. The van der Waals surface area contributed by atoms with E-state index in [1.54, 1.807) is 25.6 Å². The summed E-state index contributed by atoms with van der Waals surface area (Å²) >= 11 is 1.52. The zero-order valence-electron chi connectivity index (χ0n) is 25.9. The zero-order valence-corrected chi connectivity index (χ0v) is 26.8. The molecule has 2 N–H and O–H groups in total. The molecular formula is C31H44N6O5S. The number of amides is 1. The normalized spacial score (nSPS) is 15.1. The molecule has 234 valence electrons. The maximum atomic E-state index is 12.3. The van der Waals surface area contributed by atoms with Crippen LogP contribution in [0, 0.1) is 0 Å². The summed E-state index contributed by atoms with van der Waals surface area (Å²) in [6, 6.07) is 8.14. The van der Waals surface area contributed by atoms with E-state index in [2.05, 4.69) is 51.0 Å². The fourth-order valence-electron chi connectivity index (χ4n) is 4.51. The molecule has 0 saturated carbocycles. The molecule has 1 fully saturated rings. The summed E-state index contributed by atoms with van der Waals surface area (Å²) in [5.41, 5.74) is 5.26. The molecule has 0 aliphatic carbocycles. The summed E-state index contributed by atoms with van der Waals surface area (Å²) in [6.45, 7) is 12.5. The molecule has 1 saturated heterocycles. The predicted molar refractivity (Wildman–Crippen MR) is 169 cm³/mol. The Kier molecular flexibility index (Phi) is 12.8. The van der Waals surface area contributed by atoms with Crippen LogP contribution in [0.4, 0.5) is 11.5 Å². The van der Waals surface area contributed by atoms with Crippen LogP contribution in [0.25, 0.3) is 0 Å². The van der Waals surface area contributed by atoms with Crippen LogP contribution >= 0.6 is 11.3 Å². The van der Waals surface area contributed by atoms with Crippen LogP contribution in [0.1, 0.15) is 75.3 Å². The molecule has 0 radical (unpaired) electrons. The second-order valence-corrected chi connectivity index (χ2v) is 11.7. The number of hydrogen-bond donors (Lipinski definition) is 2. The highest BCUT2D eigenvalue weighted by atomic mass is 32.1. The van der Waals surface area contributed by atoms with E-state index in [-0.39, 0.29) is 5.91 Å². The van der Waals surface area contributed by atoms with Gasteiger partial charge in [-0.25, -0.2) is 9.97 Å². The van der Waals surface area contributed by atoms with E-state index >= 15 is 0 Å². The van der Waals surface area contributed by atoms with Crippen molar-refractivity contribution >= 4 is 35.0 Å². The number of rotatable bonds is 10. The van der Waals surface area contributed by atoms with E-state index in [4.69, 9.17) is 14.3 Å². The molecule has 3 aromatic rings. The first-order valence-corrected chi connectivity index (χ1v) is 15.5. The highest BCUT2D eigenvalue weighted by molar-refractivity contribution is 7.07. The largest absolute Gasteiger partial charge is 0.493 e. The minimum absolute atomic E-state index is 0.155. The summed E-state index contributed by atoms with van der Waals surface area (Å²) in [5.74, 6) is 0.915. The number of aliphatic hydroxyl groups is 1. The molecule has 0 spiro atoms. The molecule has 3 aromatic heterocycles. The highest BCUT2D eigenvalue weighted by Crippen LogP contribution is 2.37. The monoisotopic (exact) mass is 612 g/mol. The Labute approximate surface area is 258 Å². The smallest absolute Gasteiger partial charge is 0.270 e. The molecule has 11 nitrogen and oxygen atoms in total. The van der Waals surface area contributed by atoms with E-state index in [9.17, 15) is 9.90 Å². The van der Waals surface area contributed by atoms with Gasteiger partial charge in [0.2, 0.25) is 0 Å². The number of fused-ring (bicyclic) bond motifs is 4. The third-order valence-corrected chi connectivity index (χ3v) is 7.38. The lowest BCUT2D eigenvalue weighted by atomic mass is 10.1. The number of thiazole rings is 1. The van der Waals surface area contributed by atoms with Gasteiger partial charge in [0.15, 0.2) is 11.6 Å². The van der Waals surface area contributed by atoms with Gasteiger partial charge in [0.1, 0.15) is 17.7 Å². The summed E-state index contributed by atoms with van der Waals surface area (Å²) in [4.78, 5) is 38.7. The van der Waals surface area contributed by atoms with Crippen LogP contribution in [0.15, 0.2) is 41.4 Å². The number of carbonyl (C=O) groups excluding carboxylic acids is 2. The van der Waals surface area contributed by atoms with Crippen molar-refractivity contribution in [2.45, 2.75) is 71.8 Å². The summed E-state index contributed by atoms with van der Waals surface area (Å²) in [7, 11) is 2.07. The molecule has 1 atom stereocenters. The number of likely N-dealkylation sites (N-methyl/N-ethyl adjacent to an activating group) is 1. The highest BCUT2D eigenvalue weighted by Gasteiger charge is 2.35. The average molecular weight is 613 g/mol. The standard InChI is InChI=1S/C15H17N5OS.C14H23NO3.C2H4O/c1-19-11-4-5-20(7-11)13-3-2-12(18-14(13)19)15(21)16-6-10-8-22-9-17-10;1-11(2)13-10-12(6-7-15-13)17-8-5-9-18-14(3,4)16;1-2-3/h2-3,8-9,11H,4-7H2,1H3,(H,16,21);6-7,10-11,16H,5,8-9H2,1-4H3;2H,1H3. The second-order valence-electron chi connectivity index (χ2n) is 11.0. The molecule has 2 aliphatic heterocycles. The number of ether oxygens (including phenoxy) is 2. The lowest BCUT2D eigenvalue weighted by molar-refractivity contribution is -0.176. The quantitative estimate of drug-likeness (QED) is 0.193. The van der Waals surface area contributed by atoms with Crippen LogP contribution < -0.4 is 19.9 Å². The number of nitrogens with one attached hydrogen (secondary N) is 1. The molecule has 2 bridgehead atoms. The third kappa shape index (κ3) is 10.6. The molecule has 5 heterocycles. The van der Waals surface area contributed by atoms with E-state index in [0.29, 0.717) is 37.4 Å². The van der Waals surface area contributed by atoms with Crippen LogP contribution in [-0.4, -0.2) is 77.4 Å². The molecule has 12 heteroatoms. The number of carbonyl (C=O) groups is 2.